The van der Waals surface area contributed by atoms with E-state index in [-0.39, 0.29) is 30.5 Å². The largest absolute Gasteiger partial charge is 0.480 e. The molecule has 3 N–H and O–H groups in total. The van der Waals surface area contributed by atoms with Gasteiger partial charge in [0.05, 0.1) is 0 Å². The molecular weight excluding hydrogens is 366 g/mol. The van der Waals surface area contributed by atoms with Crippen LogP contribution in [0.4, 0.5) is 5.69 Å². The maximum atomic E-state index is 13.0. The molecule has 0 radical (unpaired) electrons. The Balaban J connectivity index is 1.80. The van der Waals surface area contributed by atoms with Gasteiger partial charge in [-0.05, 0) is 24.6 Å². The second-order valence-electron chi connectivity index (χ2n) is 6.58. The number of nitrogens with one attached hydrogen (secondary N) is 2. The Kier molecular flexibility index (Phi) is 4.07. The second-order valence-corrected chi connectivity index (χ2v) is 6.58. The van der Waals surface area contributed by atoms with Crippen LogP contribution in [-0.4, -0.2) is 52.2 Å². The lowest BCUT2D eigenvalue weighted by molar-refractivity contribution is -0.137. The van der Waals surface area contributed by atoms with Crippen LogP contribution >= 0.6 is 0 Å². The van der Waals surface area contributed by atoms with Crippen LogP contribution in [0.2, 0.25) is 0 Å². The molecule has 9 nitrogen and oxygen atoms in total. The van der Waals surface area contributed by atoms with Crippen LogP contribution in [0.15, 0.2) is 30.3 Å². The number of nitrogens with zero attached hydrogens (tertiary/aromatic N) is 1. The number of aliphatic carboxylic acids is 1. The van der Waals surface area contributed by atoms with E-state index in [9.17, 15) is 24.0 Å². The monoisotopic (exact) mass is 381 g/mol. The minimum absolute atomic E-state index is 0.0442. The molecule has 2 aromatic carbocycles. The van der Waals surface area contributed by atoms with E-state index in [4.69, 9.17) is 5.11 Å². The van der Waals surface area contributed by atoms with Gasteiger partial charge in [-0.2, -0.15) is 0 Å². The van der Waals surface area contributed by atoms with Crippen LogP contribution in [0.3, 0.4) is 0 Å². The van der Waals surface area contributed by atoms with Crippen molar-refractivity contribution >= 4 is 46.1 Å². The van der Waals surface area contributed by atoms with Gasteiger partial charge in [-0.3, -0.25) is 34.2 Å². The molecule has 0 spiro atoms. The number of piperidine rings is 1. The van der Waals surface area contributed by atoms with E-state index in [2.05, 4.69) is 10.6 Å². The highest BCUT2D eigenvalue weighted by atomic mass is 16.4. The normalized spacial score (nSPS) is 19.0. The van der Waals surface area contributed by atoms with Crippen molar-refractivity contribution in [1.82, 2.24) is 10.2 Å². The van der Waals surface area contributed by atoms with E-state index in [0.717, 1.165) is 4.90 Å². The van der Waals surface area contributed by atoms with Crippen molar-refractivity contribution in [3.63, 3.8) is 0 Å². The maximum absolute atomic E-state index is 13.0. The summed E-state index contributed by atoms with van der Waals surface area (Å²) < 4.78 is 0. The SMILES string of the molecule is O=C(O)CNc1ccc2c3c(cccc13)C(=O)N(C1CCC(=O)NC1=O)C2=O. The van der Waals surface area contributed by atoms with Crippen molar-refractivity contribution < 1.29 is 29.1 Å². The van der Waals surface area contributed by atoms with Gasteiger partial charge in [0, 0.05) is 34.0 Å². The molecule has 142 valence electrons. The number of imide groups is 2. The third-order valence-electron chi connectivity index (χ3n) is 4.89. The van der Waals surface area contributed by atoms with Gasteiger partial charge in [-0.1, -0.05) is 12.1 Å². The first-order chi connectivity index (χ1) is 13.4. The predicted octanol–water partition coefficient (Wildman–Crippen LogP) is 0.737. The minimum Gasteiger partial charge on any atom is -0.480 e. The summed E-state index contributed by atoms with van der Waals surface area (Å²) in [5, 5.41) is 14.8. The van der Waals surface area contributed by atoms with E-state index >= 15 is 0 Å². The van der Waals surface area contributed by atoms with Crippen LogP contribution in [0.25, 0.3) is 10.8 Å². The fraction of sp³-hybridized carbons (Fsp3) is 0.211. The molecule has 28 heavy (non-hydrogen) atoms. The van der Waals surface area contributed by atoms with E-state index < -0.39 is 35.6 Å². The van der Waals surface area contributed by atoms with Gasteiger partial charge >= 0.3 is 5.97 Å². The first-order valence-electron chi connectivity index (χ1n) is 8.61. The number of benzene rings is 2. The highest BCUT2D eigenvalue weighted by molar-refractivity contribution is 6.28. The molecule has 0 saturated carbocycles. The molecule has 1 fully saturated rings. The Bertz CT molecular complexity index is 1050. The average Bonchev–Trinajstić information content (AvgIpc) is 2.66. The van der Waals surface area contributed by atoms with Crippen LogP contribution in [0.1, 0.15) is 33.6 Å². The summed E-state index contributed by atoms with van der Waals surface area (Å²) in [6, 6.07) is 6.90. The number of anilines is 1. The molecule has 2 aliphatic heterocycles. The zero-order chi connectivity index (χ0) is 20.0. The van der Waals surface area contributed by atoms with Crippen molar-refractivity contribution in [2.45, 2.75) is 18.9 Å². The fourth-order valence-corrected chi connectivity index (χ4v) is 3.65. The number of carboxylic acids is 1. The fourth-order valence-electron chi connectivity index (χ4n) is 3.65. The minimum atomic E-state index is -1.05. The lowest BCUT2D eigenvalue weighted by Crippen LogP contribution is -2.57. The Morgan fingerprint density at radius 2 is 1.82 bits per heavy atom. The summed E-state index contributed by atoms with van der Waals surface area (Å²) in [7, 11) is 0. The first-order valence-corrected chi connectivity index (χ1v) is 8.61. The molecule has 1 atom stereocenters. The lowest BCUT2D eigenvalue weighted by atomic mass is 9.91. The molecule has 9 heteroatoms. The molecule has 0 aliphatic carbocycles. The van der Waals surface area contributed by atoms with Crippen LogP contribution in [-0.2, 0) is 14.4 Å². The highest BCUT2D eigenvalue weighted by Crippen LogP contribution is 2.35. The Morgan fingerprint density at radius 3 is 2.50 bits per heavy atom. The molecular formula is C19H15N3O6. The summed E-state index contributed by atoms with van der Waals surface area (Å²) in [6.07, 6.45) is 0.119. The van der Waals surface area contributed by atoms with Crippen molar-refractivity contribution in [1.29, 1.82) is 0 Å². The summed E-state index contributed by atoms with van der Waals surface area (Å²) in [4.78, 5) is 61.4. The van der Waals surface area contributed by atoms with E-state index in [1.165, 1.54) is 6.07 Å². The molecule has 0 bridgehead atoms. The van der Waals surface area contributed by atoms with Crippen LogP contribution in [0.5, 0.6) is 0 Å². The van der Waals surface area contributed by atoms with E-state index in [1.807, 2.05) is 0 Å². The van der Waals surface area contributed by atoms with Gasteiger partial charge in [0.15, 0.2) is 0 Å². The number of carbonyl (C=O) groups excluding carboxylic acids is 4. The third kappa shape index (κ3) is 2.68. The van der Waals surface area contributed by atoms with Gasteiger partial charge < -0.3 is 10.4 Å². The standard InChI is InChI=1S/C19H15N3O6/c23-14-7-6-13(17(26)21-14)22-18(27)10-3-1-2-9-12(20-8-15(24)25)5-4-11(16(9)10)19(22)28/h1-5,13,20H,6-8H2,(H,24,25)(H,21,23,26). The highest BCUT2D eigenvalue weighted by Gasteiger charge is 2.42. The number of amides is 4. The van der Waals surface area contributed by atoms with Crippen molar-refractivity contribution in [3.8, 4) is 0 Å². The van der Waals surface area contributed by atoms with E-state index in [1.54, 1.807) is 24.3 Å². The van der Waals surface area contributed by atoms with Crippen molar-refractivity contribution in [3.05, 3.63) is 41.5 Å². The third-order valence-corrected chi connectivity index (χ3v) is 4.89. The number of rotatable bonds is 4. The Morgan fingerprint density at radius 1 is 1.11 bits per heavy atom. The summed E-state index contributed by atoms with van der Waals surface area (Å²) in [5.41, 5.74) is 0.976. The Labute approximate surface area is 158 Å². The van der Waals surface area contributed by atoms with Gasteiger partial charge in [-0.15, -0.1) is 0 Å². The molecule has 1 unspecified atom stereocenters. The number of carboxylic acid groups (broad SMARTS) is 1. The smallest absolute Gasteiger partial charge is 0.322 e. The number of hydrogen-bond acceptors (Lipinski definition) is 6. The second kappa shape index (κ2) is 6.45. The molecule has 0 aromatic heterocycles. The molecule has 1 saturated heterocycles. The molecule has 2 heterocycles. The molecule has 2 aliphatic rings. The van der Waals surface area contributed by atoms with Gasteiger partial charge in [0.1, 0.15) is 12.6 Å². The molecule has 2 aromatic rings. The van der Waals surface area contributed by atoms with E-state index in [0.29, 0.717) is 16.5 Å². The van der Waals surface area contributed by atoms with Gasteiger partial charge in [0.2, 0.25) is 11.8 Å². The quantitative estimate of drug-likeness (QED) is 0.665. The zero-order valence-corrected chi connectivity index (χ0v) is 14.5. The van der Waals surface area contributed by atoms with Gasteiger partial charge in [0.25, 0.3) is 11.8 Å². The average molecular weight is 381 g/mol. The summed E-state index contributed by atoms with van der Waals surface area (Å²) >= 11 is 0. The first kappa shape index (κ1) is 17.7. The van der Waals surface area contributed by atoms with Crippen LogP contribution < -0.4 is 10.6 Å². The van der Waals surface area contributed by atoms with Crippen molar-refractivity contribution in [2.75, 3.05) is 11.9 Å². The zero-order valence-electron chi connectivity index (χ0n) is 14.5. The predicted molar refractivity (Wildman–Crippen MR) is 96.7 cm³/mol. The van der Waals surface area contributed by atoms with Crippen LogP contribution in [0, 0.1) is 0 Å². The summed E-state index contributed by atoms with van der Waals surface area (Å²) in [5.74, 6) is -3.39. The van der Waals surface area contributed by atoms with Crippen molar-refractivity contribution in [2.24, 2.45) is 0 Å². The number of carbonyl (C=O) groups is 5. The maximum Gasteiger partial charge on any atom is 0.322 e. The topological polar surface area (TPSA) is 133 Å². The molecule has 4 amide bonds. The Hall–Kier alpha value is -3.75. The summed E-state index contributed by atoms with van der Waals surface area (Å²) in [6.45, 7) is -0.317. The van der Waals surface area contributed by atoms with Gasteiger partial charge in [-0.25, -0.2) is 0 Å². The lowest BCUT2D eigenvalue weighted by Gasteiger charge is -2.34. The molecule has 4 rings (SSSR count). The number of hydrogen-bond donors (Lipinski definition) is 3.